The fourth-order valence-corrected chi connectivity index (χ4v) is 3.60. The van der Waals surface area contributed by atoms with Gasteiger partial charge in [-0.05, 0) is 61.8 Å². The Labute approximate surface area is 131 Å². The molecule has 0 bridgehead atoms. The molecule has 118 valence electrons. The lowest BCUT2D eigenvalue weighted by Crippen LogP contribution is -2.42. The third-order valence-electron chi connectivity index (χ3n) is 4.99. The summed E-state index contributed by atoms with van der Waals surface area (Å²) < 4.78 is 0. The van der Waals surface area contributed by atoms with Gasteiger partial charge in [0.15, 0.2) is 0 Å². The molecule has 0 spiro atoms. The van der Waals surface area contributed by atoms with Crippen LogP contribution in [-0.2, 0) is 17.6 Å². The fourth-order valence-electron chi connectivity index (χ4n) is 3.60. The van der Waals surface area contributed by atoms with E-state index in [4.69, 9.17) is 0 Å². The molecule has 1 N–H and O–H groups in total. The van der Waals surface area contributed by atoms with E-state index in [1.54, 1.807) is 7.05 Å². The molecule has 1 fully saturated rings. The third-order valence-corrected chi connectivity index (χ3v) is 4.99. The predicted octanol–water partition coefficient (Wildman–Crippen LogP) is 2.16. The summed E-state index contributed by atoms with van der Waals surface area (Å²) in [5.74, 6) is 0.266. The van der Waals surface area contributed by atoms with Crippen LogP contribution in [0.3, 0.4) is 0 Å². The van der Waals surface area contributed by atoms with Crippen LogP contribution in [0.1, 0.15) is 47.2 Å². The molecular formula is C18H24N2O2. The Kier molecular flexibility index (Phi) is 4.46. The maximum atomic E-state index is 12.7. The average Bonchev–Trinajstić information content (AvgIpc) is 2.60. The smallest absolute Gasteiger partial charge is 0.253 e. The maximum absolute atomic E-state index is 12.7. The molecule has 0 radical (unpaired) electrons. The van der Waals surface area contributed by atoms with Gasteiger partial charge >= 0.3 is 0 Å². The van der Waals surface area contributed by atoms with Gasteiger partial charge in [-0.1, -0.05) is 6.07 Å². The summed E-state index contributed by atoms with van der Waals surface area (Å²) in [6.07, 6.45) is 6.23. The molecule has 1 aromatic rings. The van der Waals surface area contributed by atoms with Gasteiger partial charge < -0.3 is 10.2 Å². The van der Waals surface area contributed by atoms with Gasteiger partial charge in [0.2, 0.25) is 5.91 Å². The zero-order valence-corrected chi connectivity index (χ0v) is 13.2. The topological polar surface area (TPSA) is 49.4 Å². The molecule has 0 saturated carbocycles. The maximum Gasteiger partial charge on any atom is 0.253 e. The second kappa shape index (κ2) is 6.51. The highest BCUT2D eigenvalue weighted by Crippen LogP contribution is 2.24. The molecule has 4 heteroatoms. The number of piperidine rings is 1. The van der Waals surface area contributed by atoms with Gasteiger partial charge in [-0.15, -0.1) is 0 Å². The van der Waals surface area contributed by atoms with Crippen molar-refractivity contribution in [1.29, 1.82) is 0 Å². The molecule has 2 amide bonds. The van der Waals surface area contributed by atoms with Crippen LogP contribution >= 0.6 is 0 Å². The molecule has 0 atom stereocenters. The van der Waals surface area contributed by atoms with Crippen LogP contribution in [-0.4, -0.2) is 36.9 Å². The standard InChI is InChI=1S/C18H24N2O2/c1-19-17(21)14-8-10-20(11-9-14)18(22)16-7-6-13-4-2-3-5-15(13)12-16/h6-7,12,14H,2-5,8-11H2,1H3,(H,19,21). The van der Waals surface area contributed by atoms with E-state index < -0.39 is 0 Å². The van der Waals surface area contributed by atoms with E-state index in [-0.39, 0.29) is 17.7 Å². The Hall–Kier alpha value is -1.84. The molecule has 3 rings (SSSR count). The molecule has 1 aliphatic carbocycles. The average molecular weight is 300 g/mol. The van der Waals surface area contributed by atoms with Gasteiger partial charge in [0, 0.05) is 31.6 Å². The molecule has 1 aliphatic heterocycles. The molecule has 22 heavy (non-hydrogen) atoms. The highest BCUT2D eigenvalue weighted by Gasteiger charge is 2.27. The molecule has 0 unspecified atom stereocenters. The van der Waals surface area contributed by atoms with Gasteiger partial charge in [0.25, 0.3) is 5.91 Å². The van der Waals surface area contributed by atoms with Crippen LogP contribution < -0.4 is 5.32 Å². The highest BCUT2D eigenvalue weighted by molar-refractivity contribution is 5.94. The van der Waals surface area contributed by atoms with E-state index in [9.17, 15) is 9.59 Å². The van der Waals surface area contributed by atoms with Crippen LogP contribution in [0.25, 0.3) is 0 Å². The Balaban J connectivity index is 1.66. The number of benzene rings is 1. The number of carbonyl (C=O) groups excluding carboxylic acids is 2. The van der Waals surface area contributed by atoms with Crippen molar-refractivity contribution in [3.63, 3.8) is 0 Å². The number of likely N-dealkylation sites (tertiary alicyclic amines) is 1. The van der Waals surface area contributed by atoms with Gasteiger partial charge in [0.05, 0.1) is 0 Å². The van der Waals surface area contributed by atoms with E-state index in [1.807, 2.05) is 11.0 Å². The van der Waals surface area contributed by atoms with Crippen molar-refractivity contribution in [3.8, 4) is 0 Å². The van der Waals surface area contributed by atoms with E-state index in [0.717, 1.165) is 31.2 Å². The first-order valence-corrected chi connectivity index (χ1v) is 8.31. The van der Waals surface area contributed by atoms with Crippen molar-refractivity contribution in [2.24, 2.45) is 5.92 Å². The Morgan fingerprint density at radius 2 is 1.77 bits per heavy atom. The predicted molar refractivity (Wildman–Crippen MR) is 85.8 cm³/mol. The zero-order valence-electron chi connectivity index (χ0n) is 13.2. The van der Waals surface area contributed by atoms with Gasteiger partial charge in [-0.3, -0.25) is 9.59 Å². The van der Waals surface area contributed by atoms with Crippen molar-refractivity contribution < 1.29 is 9.59 Å². The molecule has 1 saturated heterocycles. The minimum atomic E-state index is 0.0533. The van der Waals surface area contributed by atoms with Crippen LogP contribution in [0, 0.1) is 5.92 Å². The first-order chi connectivity index (χ1) is 10.7. The number of rotatable bonds is 2. The SMILES string of the molecule is CNC(=O)C1CCN(C(=O)c2ccc3c(c2)CCCC3)CC1. The first kappa shape index (κ1) is 15.1. The first-order valence-electron chi connectivity index (χ1n) is 8.31. The Morgan fingerprint density at radius 1 is 1.09 bits per heavy atom. The minimum absolute atomic E-state index is 0.0533. The van der Waals surface area contributed by atoms with Crippen LogP contribution in [0.2, 0.25) is 0 Å². The summed E-state index contributed by atoms with van der Waals surface area (Å²) in [5, 5.41) is 2.70. The summed E-state index contributed by atoms with van der Waals surface area (Å²) in [5.41, 5.74) is 3.55. The molecule has 0 aromatic heterocycles. The number of nitrogens with zero attached hydrogens (tertiary/aromatic N) is 1. The van der Waals surface area contributed by atoms with E-state index in [0.29, 0.717) is 13.1 Å². The summed E-state index contributed by atoms with van der Waals surface area (Å²) >= 11 is 0. The van der Waals surface area contributed by atoms with Gasteiger partial charge in [-0.2, -0.15) is 0 Å². The number of fused-ring (bicyclic) bond motifs is 1. The lowest BCUT2D eigenvalue weighted by atomic mass is 9.90. The molecule has 1 heterocycles. The lowest BCUT2D eigenvalue weighted by Gasteiger charge is -2.31. The van der Waals surface area contributed by atoms with Crippen molar-refractivity contribution in [2.75, 3.05) is 20.1 Å². The van der Waals surface area contributed by atoms with E-state index >= 15 is 0 Å². The van der Waals surface area contributed by atoms with Crippen molar-refractivity contribution in [1.82, 2.24) is 10.2 Å². The highest BCUT2D eigenvalue weighted by atomic mass is 16.2. The Bertz CT molecular complexity index is 574. The summed E-state index contributed by atoms with van der Waals surface area (Å²) in [6.45, 7) is 1.35. The normalized spacial score (nSPS) is 18.7. The fraction of sp³-hybridized carbons (Fsp3) is 0.556. The minimum Gasteiger partial charge on any atom is -0.359 e. The number of hydrogen-bond acceptors (Lipinski definition) is 2. The number of carbonyl (C=O) groups is 2. The monoisotopic (exact) mass is 300 g/mol. The van der Waals surface area contributed by atoms with Gasteiger partial charge in [-0.25, -0.2) is 0 Å². The molecule has 1 aromatic carbocycles. The zero-order chi connectivity index (χ0) is 15.5. The van der Waals surface area contributed by atoms with Gasteiger partial charge in [0.1, 0.15) is 0 Å². The quantitative estimate of drug-likeness (QED) is 0.910. The Morgan fingerprint density at radius 3 is 2.45 bits per heavy atom. The van der Waals surface area contributed by atoms with Crippen LogP contribution in [0.15, 0.2) is 18.2 Å². The summed E-state index contributed by atoms with van der Waals surface area (Å²) in [6, 6.07) is 6.18. The van der Waals surface area contributed by atoms with Crippen molar-refractivity contribution in [2.45, 2.75) is 38.5 Å². The number of hydrogen-bond donors (Lipinski definition) is 1. The third kappa shape index (κ3) is 3.01. The van der Waals surface area contributed by atoms with Crippen LogP contribution in [0.5, 0.6) is 0 Å². The van der Waals surface area contributed by atoms with E-state index in [2.05, 4.69) is 17.4 Å². The largest absolute Gasteiger partial charge is 0.359 e. The molecule has 4 nitrogen and oxygen atoms in total. The summed E-state index contributed by atoms with van der Waals surface area (Å²) in [4.78, 5) is 26.2. The van der Waals surface area contributed by atoms with Crippen molar-refractivity contribution in [3.05, 3.63) is 34.9 Å². The number of aryl methyl sites for hydroxylation is 2. The molecule has 2 aliphatic rings. The van der Waals surface area contributed by atoms with Crippen molar-refractivity contribution >= 4 is 11.8 Å². The summed E-state index contributed by atoms with van der Waals surface area (Å²) in [7, 11) is 1.67. The van der Waals surface area contributed by atoms with E-state index in [1.165, 1.54) is 24.0 Å². The lowest BCUT2D eigenvalue weighted by molar-refractivity contribution is -0.125. The number of nitrogens with one attached hydrogen (secondary N) is 1. The second-order valence-electron chi connectivity index (χ2n) is 6.37. The van der Waals surface area contributed by atoms with Crippen LogP contribution in [0.4, 0.5) is 0 Å². The molecular weight excluding hydrogens is 276 g/mol. The number of amides is 2. The second-order valence-corrected chi connectivity index (χ2v) is 6.37.